The minimum Gasteiger partial charge on any atom is -0.382 e. The van der Waals surface area contributed by atoms with Gasteiger partial charge in [0, 0.05) is 18.8 Å². The van der Waals surface area contributed by atoms with Gasteiger partial charge in [-0.3, -0.25) is 4.79 Å². The summed E-state index contributed by atoms with van der Waals surface area (Å²) >= 11 is 5.93. The van der Waals surface area contributed by atoms with E-state index < -0.39 is 0 Å². The fraction of sp³-hybridized carbons (Fsp3) is 0.364. The maximum Gasteiger partial charge on any atom is 0.252 e. The zero-order chi connectivity index (χ0) is 10.8. The lowest BCUT2D eigenvalue weighted by atomic mass is 10.2. The van der Waals surface area contributed by atoms with Gasteiger partial charge in [-0.25, -0.2) is 0 Å². The highest BCUT2D eigenvalue weighted by molar-refractivity contribution is 6.34. The van der Waals surface area contributed by atoms with Crippen LogP contribution in [0.25, 0.3) is 0 Å². The molecule has 4 heteroatoms. The van der Waals surface area contributed by atoms with Crippen LogP contribution in [0.15, 0.2) is 18.2 Å². The summed E-state index contributed by atoms with van der Waals surface area (Å²) < 4.78 is 0. The maximum atomic E-state index is 11.5. The molecule has 0 radical (unpaired) electrons. The average molecular weight is 225 g/mol. The van der Waals surface area contributed by atoms with Crippen LogP contribution in [0.4, 0.5) is 5.69 Å². The molecule has 1 aliphatic rings. The highest BCUT2D eigenvalue weighted by Gasteiger charge is 2.21. The Bertz CT molecular complexity index is 388. The van der Waals surface area contributed by atoms with Crippen LogP contribution in [0.1, 0.15) is 23.2 Å². The Morgan fingerprint density at radius 1 is 1.47 bits per heavy atom. The number of carbonyl (C=O) groups excluding carboxylic acids is 1. The lowest BCUT2D eigenvalue weighted by Crippen LogP contribution is -2.18. The highest BCUT2D eigenvalue weighted by Crippen LogP contribution is 2.27. The zero-order valence-electron chi connectivity index (χ0n) is 8.51. The molecule has 1 saturated carbocycles. The van der Waals surface area contributed by atoms with Crippen LogP contribution < -0.4 is 10.6 Å². The van der Waals surface area contributed by atoms with Gasteiger partial charge in [-0.05, 0) is 31.0 Å². The number of rotatable bonds is 3. The van der Waals surface area contributed by atoms with Crippen LogP contribution in [0.2, 0.25) is 5.02 Å². The van der Waals surface area contributed by atoms with Crippen molar-refractivity contribution in [3.63, 3.8) is 0 Å². The fourth-order valence-electron chi connectivity index (χ4n) is 1.39. The molecular weight excluding hydrogens is 212 g/mol. The summed E-state index contributed by atoms with van der Waals surface area (Å²) in [5.74, 6) is -0.153. The van der Waals surface area contributed by atoms with Crippen molar-refractivity contribution in [2.45, 2.75) is 18.9 Å². The summed E-state index contributed by atoms with van der Waals surface area (Å²) in [6, 6.07) is 6.01. The molecule has 1 amide bonds. The van der Waals surface area contributed by atoms with Crippen molar-refractivity contribution < 1.29 is 4.79 Å². The van der Waals surface area contributed by atoms with Crippen LogP contribution in [0.3, 0.4) is 0 Å². The highest BCUT2D eigenvalue weighted by atomic mass is 35.5. The molecule has 1 aromatic carbocycles. The van der Waals surface area contributed by atoms with Gasteiger partial charge in [0.1, 0.15) is 0 Å². The van der Waals surface area contributed by atoms with Gasteiger partial charge in [0.2, 0.25) is 0 Å². The van der Waals surface area contributed by atoms with Crippen LogP contribution in [0.5, 0.6) is 0 Å². The second kappa shape index (κ2) is 4.11. The first kappa shape index (κ1) is 10.3. The van der Waals surface area contributed by atoms with Crippen molar-refractivity contribution in [1.82, 2.24) is 5.32 Å². The first-order valence-electron chi connectivity index (χ1n) is 4.99. The molecule has 0 atom stereocenters. The van der Waals surface area contributed by atoms with E-state index in [1.165, 1.54) is 12.8 Å². The Morgan fingerprint density at radius 3 is 2.80 bits per heavy atom. The summed E-state index contributed by atoms with van der Waals surface area (Å²) in [6.07, 6.45) is 2.41. The Kier molecular flexibility index (Phi) is 2.82. The molecule has 3 nitrogen and oxygen atoms in total. The largest absolute Gasteiger partial charge is 0.382 e. The van der Waals surface area contributed by atoms with Crippen molar-refractivity contribution in [2.75, 3.05) is 12.4 Å². The van der Waals surface area contributed by atoms with E-state index in [1.54, 1.807) is 19.2 Å². The molecule has 0 heterocycles. The molecule has 2 rings (SSSR count). The van der Waals surface area contributed by atoms with Crippen LogP contribution >= 0.6 is 11.6 Å². The van der Waals surface area contributed by atoms with Crippen molar-refractivity contribution in [3.8, 4) is 0 Å². The van der Waals surface area contributed by atoms with E-state index in [0.29, 0.717) is 16.6 Å². The lowest BCUT2D eigenvalue weighted by Gasteiger charge is -2.08. The number of hydrogen-bond acceptors (Lipinski definition) is 2. The SMILES string of the molecule is CNC(=O)c1cc(NC2CC2)ccc1Cl. The minimum absolute atomic E-state index is 0.153. The number of benzene rings is 1. The summed E-state index contributed by atoms with van der Waals surface area (Å²) in [6.45, 7) is 0. The van der Waals surface area contributed by atoms with Gasteiger partial charge in [0.15, 0.2) is 0 Å². The van der Waals surface area contributed by atoms with Crippen molar-refractivity contribution >= 4 is 23.2 Å². The molecule has 1 fully saturated rings. The molecule has 80 valence electrons. The molecule has 0 bridgehead atoms. The molecule has 0 saturated heterocycles. The number of amides is 1. The number of halogens is 1. The second-order valence-corrected chi connectivity index (χ2v) is 4.10. The molecule has 2 N–H and O–H groups in total. The third-order valence-corrected chi connectivity index (χ3v) is 2.72. The third kappa shape index (κ3) is 2.42. The smallest absolute Gasteiger partial charge is 0.252 e. The minimum atomic E-state index is -0.153. The molecule has 0 unspecified atom stereocenters. The van der Waals surface area contributed by atoms with Crippen molar-refractivity contribution in [3.05, 3.63) is 28.8 Å². The molecule has 0 spiro atoms. The Morgan fingerprint density at radius 2 is 2.20 bits per heavy atom. The first-order valence-corrected chi connectivity index (χ1v) is 5.36. The van der Waals surface area contributed by atoms with Crippen LogP contribution in [-0.4, -0.2) is 19.0 Å². The third-order valence-electron chi connectivity index (χ3n) is 2.39. The van der Waals surface area contributed by atoms with Gasteiger partial charge in [0.25, 0.3) is 5.91 Å². The summed E-state index contributed by atoms with van der Waals surface area (Å²) in [5.41, 5.74) is 1.48. The standard InChI is InChI=1S/C11H13ClN2O/c1-13-11(15)9-6-8(4-5-10(9)12)14-7-2-3-7/h4-7,14H,2-3H2,1H3,(H,13,15). The molecule has 0 aliphatic heterocycles. The summed E-state index contributed by atoms with van der Waals surface area (Å²) in [5, 5.41) is 6.37. The lowest BCUT2D eigenvalue weighted by molar-refractivity contribution is 0.0963. The molecule has 1 aromatic rings. The van der Waals surface area contributed by atoms with Gasteiger partial charge in [-0.2, -0.15) is 0 Å². The van der Waals surface area contributed by atoms with Crippen molar-refractivity contribution in [1.29, 1.82) is 0 Å². The van der Waals surface area contributed by atoms with E-state index in [0.717, 1.165) is 5.69 Å². The van der Waals surface area contributed by atoms with Crippen LogP contribution in [0, 0.1) is 0 Å². The summed E-state index contributed by atoms with van der Waals surface area (Å²) in [4.78, 5) is 11.5. The van der Waals surface area contributed by atoms with E-state index >= 15 is 0 Å². The zero-order valence-corrected chi connectivity index (χ0v) is 9.27. The average Bonchev–Trinajstić information content (AvgIpc) is 3.04. The number of anilines is 1. The predicted octanol–water partition coefficient (Wildman–Crippen LogP) is 2.27. The normalized spacial score (nSPS) is 14.8. The van der Waals surface area contributed by atoms with E-state index in [2.05, 4.69) is 10.6 Å². The maximum absolute atomic E-state index is 11.5. The Balaban J connectivity index is 2.22. The van der Waals surface area contributed by atoms with Crippen molar-refractivity contribution in [2.24, 2.45) is 0 Å². The van der Waals surface area contributed by atoms with E-state index in [4.69, 9.17) is 11.6 Å². The summed E-state index contributed by atoms with van der Waals surface area (Å²) in [7, 11) is 1.60. The van der Waals surface area contributed by atoms with E-state index in [9.17, 15) is 4.79 Å². The predicted molar refractivity (Wildman–Crippen MR) is 61.5 cm³/mol. The molecule has 0 aromatic heterocycles. The molecule has 1 aliphatic carbocycles. The monoisotopic (exact) mass is 224 g/mol. The molecule has 15 heavy (non-hydrogen) atoms. The number of carbonyl (C=O) groups is 1. The van der Waals surface area contributed by atoms with Gasteiger partial charge in [0.05, 0.1) is 10.6 Å². The van der Waals surface area contributed by atoms with Gasteiger partial charge in [-0.15, -0.1) is 0 Å². The van der Waals surface area contributed by atoms with Gasteiger partial charge in [-0.1, -0.05) is 11.6 Å². The van der Waals surface area contributed by atoms with Crippen LogP contribution in [-0.2, 0) is 0 Å². The second-order valence-electron chi connectivity index (χ2n) is 3.69. The van der Waals surface area contributed by atoms with Gasteiger partial charge >= 0.3 is 0 Å². The van der Waals surface area contributed by atoms with E-state index in [1.807, 2.05) is 6.07 Å². The fourth-order valence-corrected chi connectivity index (χ4v) is 1.59. The Hall–Kier alpha value is -1.22. The number of nitrogens with one attached hydrogen (secondary N) is 2. The van der Waals surface area contributed by atoms with Gasteiger partial charge < -0.3 is 10.6 Å². The first-order chi connectivity index (χ1) is 7.20. The number of hydrogen-bond donors (Lipinski definition) is 2. The molecular formula is C11H13ClN2O. The van der Waals surface area contributed by atoms with E-state index in [-0.39, 0.29) is 5.91 Å². The quantitative estimate of drug-likeness (QED) is 0.827. The Labute approximate surface area is 93.8 Å². The topological polar surface area (TPSA) is 41.1 Å².